The standard InChI is InChI=1S/C13H23N3O2S/c1-5-8-14-13-12(7-6-9-15-13)19(17,18)16-11(4)10(2)3/h6-7,9-11,16H,5,8H2,1-4H3,(H,14,15). The Morgan fingerprint density at radius 2 is 2.00 bits per heavy atom. The van der Waals surface area contributed by atoms with Crippen LogP contribution in [-0.4, -0.2) is 26.0 Å². The number of nitrogens with one attached hydrogen (secondary N) is 2. The maximum atomic E-state index is 12.3. The van der Waals surface area contributed by atoms with Crippen molar-refractivity contribution in [1.82, 2.24) is 9.71 Å². The maximum Gasteiger partial charge on any atom is 0.244 e. The largest absolute Gasteiger partial charge is 0.369 e. The van der Waals surface area contributed by atoms with E-state index < -0.39 is 10.0 Å². The van der Waals surface area contributed by atoms with Crippen molar-refractivity contribution in [3.05, 3.63) is 18.3 Å². The molecule has 1 heterocycles. The first-order chi connectivity index (χ1) is 8.88. The van der Waals surface area contributed by atoms with Gasteiger partial charge in [-0.25, -0.2) is 18.1 Å². The van der Waals surface area contributed by atoms with Crippen LogP contribution in [0.25, 0.3) is 0 Å². The summed E-state index contributed by atoms with van der Waals surface area (Å²) in [5, 5.41) is 3.04. The molecule has 1 unspecified atom stereocenters. The minimum atomic E-state index is -3.54. The highest BCUT2D eigenvalue weighted by Crippen LogP contribution is 2.19. The van der Waals surface area contributed by atoms with Crippen LogP contribution < -0.4 is 10.0 Å². The molecule has 1 aromatic heterocycles. The molecule has 0 fully saturated rings. The van der Waals surface area contributed by atoms with Crippen molar-refractivity contribution >= 4 is 15.8 Å². The van der Waals surface area contributed by atoms with Crippen LogP contribution in [0.3, 0.4) is 0 Å². The van der Waals surface area contributed by atoms with Gasteiger partial charge in [-0.1, -0.05) is 20.8 Å². The molecular weight excluding hydrogens is 262 g/mol. The van der Waals surface area contributed by atoms with E-state index in [0.717, 1.165) is 6.42 Å². The Kier molecular flexibility index (Phi) is 5.75. The van der Waals surface area contributed by atoms with Gasteiger partial charge in [0.05, 0.1) is 0 Å². The third kappa shape index (κ3) is 4.47. The molecule has 0 spiro atoms. The summed E-state index contributed by atoms with van der Waals surface area (Å²) >= 11 is 0. The van der Waals surface area contributed by atoms with E-state index in [0.29, 0.717) is 12.4 Å². The van der Waals surface area contributed by atoms with Gasteiger partial charge in [0.2, 0.25) is 10.0 Å². The van der Waals surface area contributed by atoms with Crippen LogP contribution >= 0.6 is 0 Å². The number of pyridine rings is 1. The zero-order valence-corrected chi connectivity index (χ0v) is 12.8. The molecule has 1 atom stereocenters. The summed E-state index contributed by atoms with van der Waals surface area (Å²) in [6.07, 6.45) is 2.49. The molecule has 0 saturated carbocycles. The summed E-state index contributed by atoms with van der Waals surface area (Å²) in [5.74, 6) is 0.645. The van der Waals surface area contributed by atoms with E-state index >= 15 is 0 Å². The molecule has 0 aliphatic heterocycles. The molecule has 0 aliphatic carbocycles. The highest BCUT2D eigenvalue weighted by atomic mass is 32.2. The molecule has 6 heteroatoms. The van der Waals surface area contributed by atoms with E-state index in [1.165, 1.54) is 0 Å². The number of hydrogen-bond acceptors (Lipinski definition) is 4. The maximum absolute atomic E-state index is 12.3. The second kappa shape index (κ2) is 6.86. The fourth-order valence-corrected chi connectivity index (χ4v) is 2.95. The predicted octanol–water partition coefficient (Wildman–Crippen LogP) is 2.23. The smallest absolute Gasteiger partial charge is 0.244 e. The first-order valence-electron chi connectivity index (χ1n) is 6.59. The van der Waals surface area contributed by atoms with Gasteiger partial charge in [0.25, 0.3) is 0 Å². The third-order valence-corrected chi connectivity index (χ3v) is 4.53. The molecule has 19 heavy (non-hydrogen) atoms. The van der Waals surface area contributed by atoms with E-state index in [2.05, 4.69) is 15.0 Å². The fraction of sp³-hybridized carbons (Fsp3) is 0.615. The quantitative estimate of drug-likeness (QED) is 0.806. The van der Waals surface area contributed by atoms with Crippen LogP contribution in [0.1, 0.15) is 34.1 Å². The minimum absolute atomic E-state index is 0.121. The van der Waals surface area contributed by atoms with Crippen molar-refractivity contribution in [2.45, 2.75) is 45.1 Å². The second-order valence-corrected chi connectivity index (χ2v) is 6.61. The Morgan fingerprint density at radius 1 is 1.32 bits per heavy atom. The lowest BCUT2D eigenvalue weighted by molar-refractivity contribution is 0.476. The molecule has 0 radical (unpaired) electrons. The first-order valence-corrected chi connectivity index (χ1v) is 8.08. The van der Waals surface area contributed by atoms with Crippen LogP contribution in [0.5, 0.6) is 0 Å². The summed E-state index contributed by atoms with van der Waals surface area (Å²) in [5.41, 5.74) is 0. The van der Waals surface area contributed by atoms with Crippen molar-refractivity contribution in [2.75, 3.05) is 11.9 Å². The zero-order chi connectivity index (χ0) is 14.5. The number of nitrogens with zero attached hydrogens (tertiary/aromatic N) is 1. The van der Waals surface area contributed by atoms with E-state index in [9.17, 15) is 8.42 Å². The Balaban J connectivity index is 3.00. The third-order valence-electron chi connectivity index (χ3n) is 2.94. The lowest BCUT2D eigenvalue weighted by Gasteiger charge is -2.18. The number of hydrogen-bond donors (Lipinski definition) is 2. The van der Waals surface area contributed by atoms with Crippen molar-refractivity contribution in [3.63, 3.8) is 0 Å². The lowest BCUT2D eigenvalue weighted by atomic mass is 10.1. The van der Waals surface area contributed by atoms with Gasteiger partial charge in [0.1, 0.15) is 10.7 Å². The highest BCUT2D eigenvalue weighted by molar-refractivity contribution is 7.89. The van der Waals surface area contributed by atoms with Crippen molar-refractivity contribution in [1.29, 1.82) is 0 Å². The van der Waals surface area contributed by atoms with E-state index in [-0.39, 0.29) is 16.9 Å². The molecule has 0 aromatic carbocycles. The normalized spacial score (nSPS) is 13.5. The van der Waals surface area contributed by atoms with Gasteiger partial charge in [0, 0.05) is 18.8 Å². The summed E-state index contributed by atoms with van der Waals surface area (Å²) in [6, 6.07) is 3.08. The van der Waals surface area contributed by atoms with Gasteiger partial charge in [-0.15, -0.1) is 0 Å². The van der Waals surface area contributed by atoms with Gasteiger partial charge in [-0.3, -0.25) is 0 Å². The summed E-state index contributed by atoms with van der Waals surface area (Å²) in [6.45, 7) is 8.53. The summed E-state index contributed by atoms with van der Waals surface area (Å²) in [4.78, 5) is 4.31. The van der Waals surface area contributed by atoms with Crippen molar-refractivity contribution in [3.8, 4) is 0 Å². The summed E-state index contributed by atoms with van der Waals surface area (Å²) in [7, 11) is -3.54. The Morgan fingerprint density at radius 3 is 2.58 bits per heavy atom. The Labute approximate surface area is 115 Å². The van der Waals surface area contributed by atoms with Gasteiger partial charge in [-0.05, 0) is 31.4 Å². The van der Waals surface area contributed by atoms with Gasteiger partial charge in [0.15, 0.2) is 0 Å². The fourth-order valence-electron chi connectivity index (χ4n) is 1.43. The lowest BCUT2D eigenvalue weighted by Crippen LogP contribution is -2.36. The Hall–Kier alpha value is -1.14. The number of sulfonamides is 1. The molecule has 108 valence electrons. The molecule has 5 nitrogen and oxygen atoms in total. The molecule has 0 bridgehead atoms. The van der Waals surface area contributed by atoms with Crippen LogP contribution in [0, 0.1) is 5.92 Å². The average molecular weight is 285 g/mol. The van der Waals surface area contributed by atoms with E-state index in [4.69, 9.17) is 0 Å². The average Bonchev–Trinajstić information content (AvgIpc) is 2.36. The van der Waals surface area contributed by atoms with Gasteiger partial charge >= 0.3 is 0 Å². The van der Waals surface area contributed by atoms with Crippen LogP contribution in [0.2, 0.25) is 0 Å². The van der Waals surface area contributed by atoms with Gasteiger partial charge < -0.3 is 5.32 Å². The van der Waals surface area contributed by atoms with Crippen molar-refractivity contribution < 1.29 is 8.42 Å². The number of rotatable bonds is 7. The minimum Gasteiger partial charge on any atom is -0.369 e. The topological polar surface area (TPSA) is 71.1 Å². The highest BCUT2D eigenvalue weighted by Gasteiger charge is 2.22. The zero-order valence-electron chi connectivity index (χ0n) is 12.0. The van der Waals surface area contributed by atoms with Crippen LogP contribution in [-0.2, 0) is 10.0 Å². The van der Waals surface area contributed by atoms with Crippen LogP contribution in [0.4, 0.5) is 5.82 Å². The monoisotopic (exact) mass is 285 g/mol. The van der Waals surface area contributed by atoms with Crippen LogP contribution in [0.15, 0.2) is 23.2 Å². The molecule has 1 rings (SSSR count). The Bertz CT molecular complexity index is 500. The number of aromatic nitrogens is 1. The predicted molar refractivity (Wildman–Crippen MR) is 77.6 cm³/mol. The van der Waals surface area contributed by atoms with Gasteiger partial charge in [-0.2, -0.15) is 0 Å². The van der Waals surface area contributed by atoms with E-state index in [1.807, 2.05) is 27.7 Å². The molecule has 0 amide bonds. The van der Waals surface area contributed by atoms with E-state index in [1.54, 1.807) is 18.3 Å². The molecule has 2 N–H and O–H groups in total. The molecule has 1 aromatic rings. The molecule has 0 aliphatic rings. The first kappa shape index (κ1) is 15.9. The summed E-state index contributed by atoms with van der Waals surface area (Å²) < 4.78 is 27.4. The van der Waals surface area contributed by atoms with Crippen molar-refractivity contribution in [2.24, 2.45) is 5.92 Å². The SMILES string of the molecule is CCCNc1ncccc1S(=O)(=O)NC(C)C(C)C. The molecule has 0 saturated heterocycles. The number of anilines is 1. The molecular formula is C13H23N3O2S. The second-order valence-electron chi connectivity index (χ2n) is 4.93.